The van der Waals surface area contributed by atoms with Crippen LogP contribution in [0.25, 0.3) is 0 Å². The molecule has 16 nitrogen and oxygen atoms in total. The molecular weight excluding hydrogens is 711 g/mol. The lowest BCUT2D eigenvalue weighted by Gasteiger charge is -2.33. The van der Waals surface area contributed by atoms with E-state index in [1.54, 1.807) is 0 Å². The highest BCUT2D eigenvalue weighted by atomic mass is 32.1. The number of unbranched alkanes of at least 4 members (excludes halogenated alkanes) is 1. The van der Waals surface area contributed by atoms with Gasteiger partial charge in [0.05, 0.1) is 6.10 Å². The highest BCUT2D eigenvalue weighted by Crippen LogP contribution is 2.26. The lowest BCUT2D eigenvalue weighted by molar-refractivity contribution is -0.149. The zero-order chi connectivity index (χ0) is 31.4. The van der Waals surface area contributed by atoms with Crippen LogP contribution in [0, 0.1) is 0 Å². The van der Waals surface area contributed by atoms with E-state index < -0.39 is 65.9 Å². The van der Waals surface area contributed by atoms with Crippen molar-refractivity contribution in [3.63, 3.8) is 0 Å². The van der Waals surface area contributed by atoms with E-state index in [9.17, 15) is 34.2 Å². The molecule has 2 fully saturated rings. The second kappa shape index (κ2) is 26.2. The minimum absolute atomic E-state index is 0. The number of hydrogen-bond donors (Lipinski definition) is 8. The average molecular weight is 768 g/mol. The van der Waals surface area contributed by atoms with Crippen molar-refractivity contribution in [1.82, 2.24) is 20.4 Å². The Hall–Kier alpha value is -1.75. The molecule has 2 unspecified atom stereocenters. The summed E-state index contributed by atoms with van der Waals surface area (Å²) in [4.78, 5) is 71.5. The molecule has 2 rings (SSSR count). The van der Waals surface area contributed by atoms with Crippen molar-refractivity contribution in [3.05, 3.63) is 0 Å². The Morgan fingerprint density at radius 1 is 0.851 bits per heavy atom. The van der Waals surface area contributed by atoms with Crippen LogP contribution < -0.4 is 33.6 Å². The van der Waals surface area contributed by atoms with Gasteiger partial charge >= 0.3 is 5.97 Å². The van der Waals surface area contributed by atoms with Crippen LogP contribution in [-0.2, 0) is 24.0 Å². The molecule has 0 aromatic rings. The molecule has 278 valence electrons. The highest BCUT2D eigenvalue weighted by molar-refractivity contribution is 7.60. The zero-order valence-electron chi connectivity index (χ0n) is 26.7. The third-order valence-electron chi connectivity index (χ3n) is 7.60. The molecule has 0 aliphatic carbocycles. The second-order valence-electron chi connectivity index (χ2n) is 10.8. The van der Waals surface area contributed by atoms with Crippen molar-refractivity contribution in [2.24, 2.45) is 27.9 Å². The molecule has 0 aromatic carbocycles. The molecule has 0 saturated carbocycles. The van der Waals surface area contributed by atoms with Gasteiger partial charge in [-0.3, -0.25) is 24.2 Å². The molecule has 2 aliphatic heterocycles. The van der Waals surface area contributed by atoms with E-state index in [0.717, 1.165) is 0 Å². The maximum absolute atomic E-state index is 13.7. The van der Waals surface area contributed by atoms with Gasteiger partial charge in [0, 0.05) is 19.6 Å². The summed E-state index contributed by atoms with van der Waals surface area (Å²) in [5.41, 5.74) is 21.9. The molecule has 0 spiro atoms. The number of aliphatic hydroxyl groups excluding tert-OH is 1. The fourth-order valence-corrected chi connectivity index (χ4v) is 5.25. The van der Waals surface area contributed by atoms with Crippen LogP contribution in [0.2, 0.25) is 0 Å². The highest BCUT2D eigenvalue weighted by Gasteiger charge is 2.44. The number of aliphatic imine (C=N–C) groups is 1. The molecule has 0 bridgehead atoms. The van der Waals surface area contributed by atoms with Crippen molar-refractivity contribution in [2.45, 2.75) is 101 Å². The van der Waals surface area contributed by atoms with Crippen LogP contribution in [-0.4, -0.2) is 118 Å². The van der Waals surface area contributed by atoms with E-state index >= 15 is 0 Å². The quantitative estimate of drug-likeness (QED) is 0.0461. The van der Waals surface area contributed by atoms with Gasteiger partial charge in [-0.15, -0.1) is 0 Å². The van der Waals surface area contributed by atoms with Gasteiger partial charge in [0.2, 0.25) is 23.6 Å². The molecule has 6 atom stereocenters. The van der Waals surface area contributed by atoms with Crippen molar-refractivity contribution in [2.75, 3.05) is 26.2 Å². The normalized spacial score (nSPS) is 19.0. The summed E-state index contributed by atoms with van der Waals surface area (Å²) in [6.45, 7) is 2.57. The molecule has 12 N–H and O–H groups in total. The standard InChI is InChI=1S/C26H47N9O7.5H2S/c1-15(36)20(28)22(38)32-16(7-2-3-11-27)23(39)35-14-6-10-19(35)24(40)34-13-5-9-18(34)21(37)33-17(25(41)42)8-4-12-31-26(29)30;;;;;/h15-20,36H,2-14,27-28H2,1H3,(H,32,38)(H,33,37)(H,41,42)(H4,29,30,31);5*1H2/t15?,16-,17-,18-,19-,20?;;;;;/m0...../s1. The van der Waals surface area contributed by atoms with E-state index in [-0.39, 0.29) is 99.4 Å². The first kappa shape index (κ1) is 52.1. The number of nitrogens with zero attached hydrogens (tertiary/aromatic N) is 3. The Kier molecular flexibility index (Phi) is 29.0. The number of nitrogens with one attached hydrogen (secondary N) is 2. The van der Waals surface area contributed by atoms with Crippen molar-refractivity contribution < 1.29 is 34.2 Å². The summed E-state index contributed by atoms with van der Waals surface area (Å²) in [5.74, 6) is -3.43. The third kappa shape index (κ3) is 16.0. The molecule has 2 aliphatic rings. The van der Waals surface area contributed by atoms with Crippen LogP contribution in [0.5, 0.6) is 0 Å². The summed E-state index contributed by atoms with van der Waals surface area (Å²) in [6, 6.07) is -5.08. The van der Waals surface area contributed by atoms with Gasteiger partial charge in [0.25, 0.3) is 0 Å². The van der Waals surface area contributed by atoms with Gasteiger partial charge in [-0.05, 0) is 71.3 Å². The zero-order valence-corrected chi connectivity index (χ0v) is 31.7. The number of guanidine groups is 1. The summed E-state index contributed by atoms with van der Waals surface area (Å²) in [7, 11) is 0. The second-order valence-corrected chi connectivity index (χ2v) is 10.8. The predicted molar refractivity (Wildman–Crippen MR) is 205 cm³/mol. The minimum Gasteiger partial charge on any atom is -0.480 e. The van der Waals surface area contributed by atoms with Gasteiger partial charge in [-0.1, -0.05) is 0 Å². The van der Waals surface area contributed by atoms with Crippen molar-refractivity contribution in [1.29, 1.82) is 0 Å². The predicted octanol–water partition coefficient (Wildman–Crippen LogP) is -2.52. The molecule has 47 heavy (non-hydrogen) atoms. The fourth-order valence-electron chi connectivity index (χ4n) is 5.25. The summed E-state index contributed by atoms with van der Waals surface area (Å²) in [6.07, 6.45) is 2.59. The number of carbonyl (C=O) groups is 5. The maximum Gasteiger partial charge on any atom is 0.326 e. The van der Waals surface area contributed by atoms with Crippen molar-refractivity contribution in [3.8, 4) is 0 Å². The van der Waals surface area contributed by atoms with Gasteiger partial charge in [-0.25, -0.2) is 4.79 Å². The minimum atomic E-state index is -1.23. The first-order valence-corrected chi connectivity index (χ1v) is 14.5. The number of amides is 4. The lowest BCUT2D eigenvalue weighted by Crippen LogP contribution is -2.58. The lowest BCUT2D eigenvalue weighted by atomic mass is 10.1. The van der Waals surface area contributed by atoms with E-state index in [0.29, 0.717) is 58.0 Å². The SMILES string of the molecule is CC(O)C(N)C(=O)N[C@@H](CCCCN)C(=O)N1CCC[C@H]1C(=O)N1CCC[C@H]1C(=O)N[C@@H](CCCN=C(N)N)C(=O)O.S.S.S.S.S. The first-order valence-electron chi connectivity index (χ1n) is 14.5. The fraction of sp³-hybridized carbons (Fsp3) is 0.769. The number of aliphatic hydroxyl groups is 1. The Labute approximate surface area is 311 Å². The molecule has 21 heteroatoms. The van der Waals surface area contributed by atoms with Crippen LogP contribution in [0.4, 0.5) is 0 Å². The topological polar surface area (TPSA) is 273 Å². The molecule has 0 radical (unpaired) electrons. The molecule has 0 aromatic heterocycles. The Balaban J connectivity index is -0.00000185. The van der Waals surface area contributed by atoms with Crippen LogP contribution in [0.3, 0.4) is 0 Å². The van der Waals surface area contributed by atoms with Crippen LogP contribution >= 0.6 is 67.5 Å². The van der Waals surface area contributed by atoms with E-state index in [2.05, 4.69) is 15.6 Å². The van der Waals surface area contributed by atoms with Gasteiger partial charge in [0.15, 0.2) is 5.96 Å². The first-order chi connectivity index (χ1) is 19.9. The van der Waals surface area contributed by atoms with Crippen LogP contribution in [0.15, 0.2) is 4.99 Å². The molecule has 4 amide bonds. The van der Waals surface area contributed by atoms with Crippen molar-refractivity contribution >= 4 is 103 Å². The van der Waals surface area contributed by atoms with E-state index in [1.165, 1.54) is 16.7 Å². The molecular formula is C26H57N9O7S5. The smallest absolute Gasteiger partial charge is 0.326 e. The Morgan fingerprint density at radius 3 is 1.94 bits per heavy atom. The molecule has 2 heterocycles. The number of carbonyl (C=O) groups excluding carboxylic acids is 4. The number of carboxylic acid groups (broad SMARTS) is 1. The number of carboxylic acids is 1. The Morgan fingerprint density at radius 2 is 1.40 bits per heavy atom. The molecule has 2 saturated heterocycles. The number of likely N-dealkylation sites (tertiary alicyclic amines) is 2. The summed E-state index contributed by atoms with van der Waals surface area (Å²) >= 11 is 0. The Bertz CT molecular complexity index is 1010. The van der Waals surface area contributed by atoms with Gasteiger partial charge in [-0.2, -0.15) is 67.5 Å². The van der Waals surface area contributed by atoms with Gasteiger partial charge in [0.1, 0.15) is 30.2 Å². The monoisotopic (exact) mass is 767 g/mol. The summed E-state index contributed by atoms with van der Waals surface area (Å²) < 4.78 is 0. The number of aliphatic carboxylic acids is 1. The van der Waals surface area contributed by atoms with E-state index in [4.69, 9.17) is 22.9 Å². The number of hydrogen-bond acceptors (Lipinski definition) is 9. The average Bonchev–Trinajstić information content (AvgIpc) is 3.63. The van der Waals surface area contributed by atoms with Gasteiger partial charge < -0.3 is 53.6 Å². The number of nitrogens with two attached hydrogens (primary N) is 4. The summed E-state index contributed by atoms with van der Waals surface area (Å²) in [5, 5.41) is 24.5. The third-order valence-corrected chi connectivity index (χ3v) is 7.60. The maximum atomic E-state index is 13.7. The van der Waals surface area contributed by atoms with Crippen LogP contribution in [0.1, 0.15) is 64.7 Å². The van der Waals surface area contributed by atoms with E-state index in [1.807, 2.05) is 0 Å². The number of rotatable bonds is 16. The largest absolute Gasteiger partial charge is 0.480 e.